The number of carbonyl (C=O) groups excluding carboxylic acids is 1. The highest BCUT2D eigenvalue weighted by atomic mass is 35.5. The largest absolute Gasteiger partial charge is 0.497 e. The minimum atomic E-state index is -0.120. The molecule has 1 fully saturated rings. The van der Waals surface area contributed by atoms with Crippen LogP contribution in [-0.2, 0) is 4.74 Å². The third-order valence-electron chi connectivity index (χ3n) is 3.93. The highest BCUT2D eigenvalue weighted by Gasteiger charge is 2.26. The molecule has 4 nitrogen and oxygen atoms in total. The Bertz CT molecular complexity index is 670. The molecule has 5 heteroatoms. The lowest BCUT2D eigenvalue weighted by atomic mass is 10.1. The molecule has 2 aromatic rings. The van der Waals surface area contributed by atoms with E-state index < -0.39 is 0 Å². The lowest BCUT2D eigenvalue weighted by molar-refractivity contribution is -0.0228. The zero-order chi connectivity index (χ0) is 16.2. The molecule has 23 heavy (non-hydrogen) atoms. The van der Waals surface area contributed by atoms with Crippen LogP contribution in [0.25, 0.3) is 0 Å². The van der Waals surface area contributed by atoms with E-state index in [2.05, 4.69) is 0 Å². The van der Waals surface area contributed by atoms with Gasteiger partial charge in [0.25, 0.3) is 5.91 Å². The summed E-state index contributed by atoms with van der Waals surface area (Å²) in [6, 6.07) is 14.7. The SMILES string of the molecule is COc1ccc(C2CN(C(=O)c3ccc(Cl)cc3)CCO2)cc1. The van der Waals surface area contributed by atoms with E-state index in [1.165, 1.54) is 0 Å². The van der Waals surface area contributed by atoms with Gasteiger partial charge in [0.05, 0.1) is 20.3 Å². The Morgan fingerprint density at radius 1 is 1.17 bits per heavy atom. The van der Waals surface area contributed by atoms with Gasteiger partial charge < -0.3 is 14.4 Å². The molecule has 1 heterocycles. The second kappa shape index (κ2) is 7.02. The van der Waals surface area contributed by atoms with E-state index in [0.29, 0.717) is 30.3 Å². The Morgan fingerprint density at radius 3 is 2.52 bits per heavy atom. The number of nitrogens with zero attached hydrogens (tertiary/aromatic N) is 1. The number of benzene rings is 2. The molecule has 1 amide bonds. The molecule has 0 aromatic heterocycles. The summed E-state index contributed by atoms with van der Waals surface area (Å²) in [6.07, 6.45) is -0.120. The molecule has 0 spiro atoms. The van der Waals surface area contributed by atoms with E-state index in [4.69, 9.17) is 21.1 Å². The van der Waals surface area contributed by atoms with Crippen LogP contribution in [0.4, 0.5) is 0 Å². The van der Waals surface area contributed by atoms with Crippen molar-refractivity contribution < 1.29 is 14.3 Å². The van der Waals surface area contributed by atoms with Gasteiger partial charge in [0.15, 0.2) is 0 Å². The van der Waals surface area contributed by atoms with Crippen molar-refractivity contribution >= 4 is 17.5 Å². The van der Waals surface area contributed by atoms with Crippen molar-refractivity contribution in [1.29, 1.82) is 0 Å². The summed E-state index contributed by atoms with van der Waals surface area (Å²) in [5.41, 5.74) is 1.68. The number of carbonyl (C=O) groups is 1. The number of ether oxygens (including phenoxy) is 2. The van der Waals surface area contributed by atoms with Crippen molar-refractivity contribution in [1.82, 2.24) is 4.90 Å². The average Bonchev–Trinajstić information content (AvgIpc) is 2.62. The fourth-order valence-electron chi connectivity index (χ4n) is 2.63. The molecule has 0 radical (unpaired) electrons. The number of methoxy groups -OCH3 is 1. The minimum Gasteiger partial charge on any atom is -0.497 e. The standard InChI is InChI=1S/C18H18ClNO3/c1-22-16-8-4-13(5-9-16)17-12-20(10-11-23-17)18(21)14-2-6-15(19)7-3-14/h2-9,17H,10-12H2,1H3. The summed E-state index contributed by atoms with van der Waals surface area (Å²) >= 11 is 5.87. The van der Waals surface area contributed by atoms with E-state index in [9.17, 15) is 4.79 Å². The third kappa shape index (κ3) is 3.66. The first-order valence-electron chi connectivity index (χ1n) is 7.48. The predicted molar refractivity (Wildman–Crippen MR) is 89.0 cm³/mol. The van der Waals surface area contributed by atoms with E-state index >= 15 is 0 Å². The van der Waals surface area contributed by atoms with Gasteiger partial charge in [0, 0.05) is 17.1 Å². The second-order valence-electron chi connectivity index (χ2n) is 5.39. The number of hydrogen-bond acceptors (Lipinski definition) is 3. The quantitative estimate of drug-likeness (QED) is 0.863. The summed E-state index contributed by atoms with van der Waals surface area (Å²) in [4.78, 5) is 14.4. The minimum absolute atomic E-state index is 0.00322. The van der Waals surface area contributed by atoms with E-state index in [1.54, 1.807) is 31.4 Å². The van der Waals surface area contributed by atoms with Crippen LogP contribution < -0.4 is 4.74 Å². The first-order valence-corrected chi connectivity index (χ1v) is 7.85. The van der Waals surface area contributed by atoms with Crippen molar-refractivity contribution in [2.75, 3.05) is 26.8 Å². The van der Waals surface area contributed by atoms with Gasteiger partial charge >= 0.3 is 0 Å². The maximum Gasteiger partial charge on any atom is 0.254 e. The van der Waals surface area contributed by atoms with Crippen molar-refractivity contribution in [3.63, 3.8) is 0 Å². The molecule has 120 valence electrons. The molecular weight excluding hydrogens is 314 g/mol. The molecule has 1 saturated heterocycles. The molecule has 0 aliphatic carbocycles. The smallest absolute Gasteiger partial charge is 0.254 e. The van der Waals surface area contributed by atoms with Gasteiger partial charge in [-0.15, -0.1) is 0 Å². The Hall–Kier alpha value is -2.04. The number of halogens is 1. The Balaban J connectivity index is 1.72. The number of rotatable bonds is 3. The summed E-state index contributed by atoms with van der Waals surface area (Å²) in [6.45, 7) is 1.65. The molecule has 1 aliphatic rings. The molecule has 1 atom stereocenters. The fraction of sp³-hybridized carbons (Fsp3) is 0.278. The molecule has 2 aromatic carbocycles. The first kappa shape index (κ1) is 15.8. The van der Waals surface area contributed by atoms with E-state index in [-0.39, 0.29) is 12.0 Å². The predicted octanol–water partition coefficient (Wildman–Crippen LogP) is 3.56. The second-order valence-corrected chi connectivity index (χ2v) is 5.83. The third-order valence-corrected chi connectivity index (χ3v) is 4.18. The van der Waals surface area contributed by atoms with Crippen LogP contribution in [0, 0.1) is 0 Å². The molecule has 0 bridgehead atoms. The maximum atomic E-state index is 12.6. The average molecular weight is 332 g/mol. The molecular formula is C18H18ClNO3. The van der Waals surface area contributed by atoms with Crippen LogP contribution in [0.5, 0.6) is 5.75 Å². The van der Waals surface area contributed by atoms with E-state index in [0.717, 1.165) is 11.3 Å². The van der Waals surface area contributed by atoms with Crippen molar-refractivity contribution in [3.05, 3.63) is 64.7 Å². The molecule has 3 rings (SSSR count). The van der Waals surface area contributed by atoms with Crippen LogP contribution in [0.1, 0.15) is 22.0 Å². The topological polar surface area (TPSA) is 38.8 Å². The van der Waals surface area contributed by atoms with Gasteiger partial charge in [-0.1, -0.05) is 23.7 Å². The summed E-state index contributed by atoms with van der Waals surface area (Å²) in [5, 5.41) is 0.625. The van der Waals surface area contributed by atoms with Crippen LogP contribution >= 0.6 is 11.6 Å². The maximum absolute atomic E-state index is 12.6. The van der Waals surface area contributed by atoms with Crippen LogP contribution in [0.2, 0.25) is 5.02 Å². The number of morpholine rings is 1. The number of hydrogen-bond donors (Lipinski definition) is 0. The Kier molecular flexibility index (Phi) is 4.84. The highest BCUT2D eigenvalue weighted by molar-refractivity contribution is 6.30. The van der Waals surface area contributed by atoms with Gasteiger partial charge in [-0.05, 0) is 42.0 Å². The number of amides is 1. The molecule has 0 N–H and O–H groups in total. The van der Waals surface area contributed by atoms with Gasteiger partial charge in [-0.25, -0.2) is 0 Å². The van der Waals surface area contributed by atoms with Crippen molar-refractivity contribution in [2.24, 2.45) is 0 Å². The van der Waals surface area contributed by atoms with Gasteiger partial charge in [-0.3, -0.25) is 4.79 Å². The zero-order valence-corrected chi connectivity index (χ0v) is 13.6. The lowest BCUT2D eigenvalue weighted by Gasteiger charge is -2.33. The molecule has 1 unspecified atom stereocenters. The normalized spacial score (nSPS) is 17.8. The Labute approximate surface area is 140 Å². The summed E-state index contributed by atoms with van der Waals surface area (Å²) in [5.74, 6) is 0.808. The fourth-order valence-corrected chi connectivity index (χ4v) is 2.75. The van der Waals surface area contributed by atoms with Crippen LogP contribution in [0.3, 0.4) is 0 Å². The first-order chi connectivity index (χ1) is 11.2. The summed E-state index contributed by atoms with van der Waals surface area (Å²) in [7, 11) is 1.64. The van der Waals surface area contributed by atoms with Crippen LogP contribution in [0.15, 0.2) is 48.5 Å². The zero-order valence-electron chi connectivity index (χ0n) is 12.9. The Morgan fingerprint density at radius 2 is 1.87 bits per heavy atom. The van der Waals surface area contributed by atoms with E-state index in [1.807, 2.05) is 29.2 Å². The van der Waals surface area contributed by atoms with Crippen molar-refractivity contribution in [3.8, 4) is 5.75 Å². The van der Waals surface area contributed by atoms with Gasteiger partial charge in [-0.2, -0.15) is 0 Å². The molecule has 0 saturated carbocycles. The monoisotopic (exact) mass is 331 g/mol. The molecule has 1 aliphatic heterocycles. The van der Waals surface area contributed by atoms with Gasteiger partial charge in [0.1, 0.15) is 11.9 Å². The van der Waals surface area contributed by atoms with Crippen LogP contribution in [-0.4, -0.2) is 37.6 Å². The summed E-state index contributed by atoms with van der Waals surface area (Å²) < 4.78 is 11.0. The van der Waals surface area contributed by atoms with Gasteiger partial charge in [0.2, 0.25) is 0 Å². The highest BCUT2D eigenvalue weighted by Crippen LogP contribution is 2.25. The van der Waals surface area contributed by atoms with Crippen molar-refractivity contribution in [2.45, 2.75) is 6.10 Å². The lowest BCUT2D eigenvalue weighted by Crippen LogP contribution is -2.42.